The zero-order valence-electron chi connectivity index (χ0n) is 23.3. The molecule has 0 aliphatic heterocycles. The van der Waals surface area contributed by atoms with Gasteiger partial charge in [0, 0.05) is 19.5 Å². The molecule has 0 amide bonds. The predicted octanol–water partition coefficient (Wildman–Crippen LogP) is 6.23. The fourth-order valence-electron chi connectivity index (χ4n) is 4.54. The predicted molar refractivity (Wildman–Crippen MR) is 148 cm³/mol. The Morgan fingerprint density at radius 3 is 1.54 bits per heavy atom. The van der Waals surface area contributed by atoms with Crippen molar-refractivity contribution in [3.8, 4) is 0 Å². The molecular formula is C29H60N2O4. The van der Waals surface area contributed by atoms with Crippen molar-refractivity contribution in [3.63, 3.8) is 0 Å². The second-order valence-electron chi connectivity index (χ2n) is 10.1. The first kappa shape index (κ1) is 34.3. The van der Waals surface area contributed by atoms with E-state index in [4.69, 9.17) is 14.9 Å². The third-order valence-electron chi connectivity index (χ3n) is 6.69. The summed E-state index contributed by atoms with van der Waals surface area (Å²) in [6.07, 6.45) is 23.1. The van der Waals surface area contributed by atoms with Gasteiger partial charge in [0.25, 0.3) is 0 Å². The fourth-order valence-corrected chi connectivity index (χ4v) is 4.54. The Labute approximate surface area is 217 Å². The van der Waals surface area contributed by atoms with Gasteiger partial charge < -0.3 is 14.9 Å². The number of rotatable bonds is 28. The number of hydrogen-bond donors (Lipinski definition) is 4. The first-order valence-electron chi connectivity index (χ1n) is 15.1. The summed E-state index contributed by atoms with van der Waals surface area (Å²) in [4.78, 5) is 12.5. The standard InChI is InChI=1S/C29H60N2O4/c1-3-5-7-9-11-15-19-27(20-16-12-10-8-6-4-2)35-29(34)22-18-14-13-17-21-28(30-23-25-32)31-24-26-33/h27-28,30-33H,3-26H2,1-2H3. The van der Waals surface area contributed by atoms with Crippen LogP contribution in [0.5, 0.6) is 0 Å². The highest BCUT2D eigenvalue weighted by Crippen LogP contribution is 2.18. The number of hydrogen-bond acceptors (Lipinski definition) is 6. The summed E-state index contributed by atoms with van der Waals surface area (Å²) in [7, 11) is 0. The van der Waals surface area contributed by atoms with Crippen molar-refractivity contribution in [2.24, 2.45) is 0 Å². The van der Waals surface area contributed by atoms with Gasteiger partial charge in [-0.1, -0.05) is 97.3 Å². The Balaban J connectivity index is 4.12. The van der Waals surface area contributed by atoms with Crippen LogP contribution in [0.3, 0.4) is 0 Å². The van der Waals surface area contributed by atoms with Gasteiger partial charge in [-0.15, -0.1) is 0 Å². The van der Waals surface area contributed by atoms with Gasteiger partial charge in [0.2, 0.25) is 0 Å². The van der Waals surface area contributed by atoms with Gasteiger partial charge in [-0.3, -0.25) is 15.4 Å². The molecular weight excluding hydrogens is 440 g/mol. The molecule has 0 rings (SSSR count). The first-order valence-corrected chi connectivity index (χ1v) is 15.1. The zero-order valence-corrected chi connectivity index (χ0v) is 23.3. The van der Waals surface area contributed by atoms with Gasteiger partial charge in [-0.05, 0) is 38.5 Å². The summed E-state index contributed by atoms with van der Waals surface area (Å²) >= 11 is 0. The minimum absolute atomic E-state index is 0.0148. The van der Waals surface area contributed by atoms with E-state index in [0.717, 1.165) is 44.9 Å². The fraction of sp³-hybridized carbons (Fsp3) is 0.966. The monoisotopic (exact) mass is 500 g/mol. The van der Waals surface area contributed by atoms with Crippen molar-refractivity contribution in [2.45, 2.75) is 155 Å². The number of aliphatic hydroxyl groups excluding tert-OH is 2. The first-order chi connectivity index (χ1) is 17.2. The number of aliphatic hydroxyl groups is 2. The quantitative estimate of drug-likeness (QED) is 0.0578. The van der Waals surface area contributed by atoms with Crippen molar-refractivity contribution in [1.82, 2.24) is 10.6 Å². The van der Waals surface area contributed by atoms with E-state index in [-0.39, 0.29) is 31.5 Å². The van der Waals surface area contributed by atoms with Crippen LogP contribution in [0.4, 0.5) is 0 Å². The molecule has 6 nitrogen and oxygen atoms in total. The maximum Gasteiger partial charge on any atom is 0.306 e. The number of carbonyl (C=O) groups excluding carboxylic acids is 1. The molecule has 6 heteroatoms. The third kappa shape index (κ3) is 24.8. The number of unbranched alkanes of at least 4 members (excludes halogenated alkanes) is 13. The van der Waals surface area contributed by atoms with Gasteiger partial charge in [-0.2, -0.15) is 0 Å². The van der Waals surface area contributed by atoms with Crippen molar-refractivity contribution in [2.75, 3.05) is 26.3 Å². The van der Waals surface area contributed by atoms with Crippen LogP contribution in [0, 0.1) is 0 Å². The normalized spacial score (nSPS) is 11.6. The van der Waals surface area contributed by atoms with Crippen molar-refractivity contribution in [3.05, 3.63) is 0 Å². The highest BCUT2D eigenvalue weighted by Gasteiger charge is 2.14. The zero-order chi connectivity index (χ0) is 25.8. The average Bonchev–Trinajstić information content (AvgIpc) is 2.86. The Kier molecular flexibility index (Phi) is 27.3. The number of esters is 1. The maximum absolute atomic E-state index is 12.5. The molecule has 0 bridgehead atoms. The van der Waals surface area contributed by atoms with E-state index in [9.17, 15) is 4.79 Å². The van der Waals surface area contributed by atoms with E-state index in [0.29, 0.717) is 19.5 Å². The molecule has 0 spiro atoms. The van der Waals surface area contributed by atoms with E-state index in [2.05, 4.69) is 24.5 Å². The van der Waals surface area contributed by atoms with Crippen molar-refractivity contribution >= 4 is 5.97 Å². The average molecular weight is 501 g/mol. The van der Waals surface area contributed by atoms with Crippen LogP contribution in [0.25, 0.3) is 0 Å². The third-order valence-corrected chi connectivity index (χ3v) is 6.69. The lowest BCUT2D eigenvalue weighted by Crippen LogP contribution is -2.44. The number of ether oxygens (including phenoxy) is 1. The molecule has 0 atom stereocenters. The molecule has 0 aliphatic carbocycles. The number of nitrogens with one attached hydrogen (secondary N) is 2. The SMILES string of the molecule is CCCCCCCCC(CCCCCCCC)OC(=O)CCCCCCC(NCCO)NCCO. The van der Waals surface area contributed by atoms with Gasteiger partial charge in [0.05, 0.1) is 19.4 Å². The lowest BCUT2D eigenvalue weighted by atomic mass is 10.0. The van der Waals surface area contributed by atoms with E-state index < -0.39 is 0 Å². The van der Waals surface area contributed by atoms with Crippen LogP contribution in [0.2, 0.25) is 0 Å². The largest absolute Gasteiger partial charge is 0.462 e. The van der Waals surface area contributed by atoms with Crippen molar-refractivity contribution in [1.29, 1.82) is 0 Å². The minimum atomic E-state index is -0.0148. The van der Waals surface area contributed by atoms with Crippen LogP contribution in [-0.4, -0.2) is 54.8 Å². The van der Waals surface area contributed by atoms with Gasteiger partial charge >= 0.3 is 5.97 Å². The van der Waals surface area contributed by atoms with Crippen LogP contribution >= 0.6 is 0 Å². The molecule has 0 saturated heterocycles. The Hall–Kier alpha value is -0.690. The second-order valence-corrected chi connectivity index (χ2v) is 10.1. The summed E-state index contributed by atoms with van der Waals surface area (Å²) < 4.78 is 5.93. The van der Waals surface area contributed by atoms with E-state index >= 15 is 0 Å². The summed E-state index contributed by atoms with van der Waals surface area (Å²) in [5.41, 5.74) is 0. The smallest absolute Gasteiger partial charge is 0.306 e. The topological polar surface area (TPSA) is 90.8 Å². The minimum Gasteiger partial charge on any atom is -0.462 e. The summed E-state index contributed by atoms with van der Waals surface area (Å²) in [6.45, 7) is 5.82. The molecule has 0 fully saturated rings. The Morgan fingerprint density at radius 2 is 1.06 bits per heavy atom. The van der Waals surface area contributed by atoms with Gasteiger partial charge in [0.1, 0.15) is 6.10 Å². The lowest BCUT2D eigenvalue weighted by molar-refractivity contribution is -0.150. The molecule has 0 unspecified atom stereocenters. The highest BCUT2D eigenvalue weighted by atomic mass is 16.5. The molecule has 0 aromatic carbocycles. The number of carbonyl (C=O) groups is 1. The van der Waals surface area contributed by atoms with E-state index in [1.165, 1.54) is 77.0 Å². The van der Waals surface area contributed by atoms with Crippen LogP contribution in [0.15, 0.2) is 0 Å². The second kappa shape index (κ2) is 27.9. The van der Waals surface area contributed by atoms with Crippen LogP contribution < -0.4 is 10.6 Å². The van der Waals surface area contributed by atoms with Crippen LogP contribution in [0.1, 0.15) is 142 Å². The molecule has 0 radical (unpaired) electrons. The molecule has 0 saturated carbocycles. The van der Waals surface area contributed by atoms with Crippen LogP contribution in [-0.2, 0) is 9.53 Å². The molecule has 210 valence electrons. The highest BCUT2D eigenvalue weighted by molar-refractivity contribution is 5.69. The summed E-state index contributed by atoms with van der Waals surface area (Å²) in [6, 6.07) is 0. The molecule has 0 aliphatic rings. The maximum atomic E-state index is 12.5. The Morgan fingerprint density at radius 1 is 0.629 bits per heavy atom. The van der Waals surface area contributed by atoms with E-state index in [1.807, 2.05) is 0 Å². The molecule has 0 aromatic rings. The molecule has 35 heavy (non-hydrogen) atoms. The lowest BCUT2D eigenvalue weighted by Gasteiger charge is -2.19. The molecule has 0 heterocycles. The summed E-state index contributed by atoms with van der Waals surface area (Å²) in [5.74, 6) is -0.0148. The van der Waals surface area contributed by atoms with Gasteiger partial charge in [-0.25, -0.2) is 0 Å². The molecule has 4 N–H and O–H groups in total. The van der Waals surface area contributed by atoms with Crippen molar-refractivity contribution < 1.29 is 19.7 Å². The van der Waals surface area contributed by atoms with E-state index in [1.54, 1.807) is 0 Å². The molecule has 0 aromatic heterocycles. The Bertz CT molecular complexity index is 413. The van der Waals surface area contributed by atoms with Gasteiger partial charge in [0.15, 0.2) is 0 Å². The summed E-state index contributed by atoms with van der Waals surface area (Å²) in [5, 5.41) is 24.5.